The third kappa shape index (κ3) is 8.87. The predicted octanol–water partition coefficient (Wildman–Crippen LogP) is 4.48. The van der Waals surface area contributed by atoms with Gasteiger partial charge in [0.25, 0.3) is 0 Å². The summed E-state index contributed by atoms with van der Waals surface area (Å²) in [6.07, 6.45) is 8.18. The van der Waals surface area contributed by atoms with Gasteiger partial charge in [0, 0.05) is 24.7 Å². The molecule has 0 saturated carbocycles. The van der Waals surface area contributed by atoms with Crippen LogP contribution in [0.15, 0.2) is 47.5 Å². The third-order valence-corrected chi connectivity index (χ3v) is 6.23. The summed E-state index contributed by atoms with van der Waals surface area (Å²) in [7, 11) is 0. The minimum absolute atomic E-state index is 0.0372. The summed E-state index contributed by atoms with van der Waals surface area (Å²) in [5.74, 6) is 0.0797. The number of aliphatic imine (C=N–C) groups is 1. The summed E-state index contributed by atoms with van der Waals surface area (Å²) >= 11 is 0. The number of halogens is 1. The van der Waals surface area contributed by atoms with Crippen LogP contribution >= 0.6 is 0 Å². The molecule has 0 spiro atoms. The van der Waals surface area contributed by atoms with Crippen LogP contribution < -0.4 is 21.5 Å². The number of rotatable bonds is 8. The lowest BCUT2D eigenvalue weighted by Gasteiger charge is -2.23. The van der Waals surface area contributed by atoms with Gasteiger partial charge in [-0.2, -0.15) is 0 Å². The molecule has 1 heterocycles. The van der Waals surface area contributed by atoms with Crippen molar-refractivity contribution < 1.29 is 13.9 Å². The number of aryl methyl sites for hydroxylation is 1. The minimum Gasteiger partial charge on any atom is -0.488 e. The van der Waals surface area contributed by atoms with Crippen molar-refractivity contribution in [3.05, 3.63) is 65.0 Å². The van der Waals surface area contributed by atoms with Gasteiger partial charge >= 0.3 is 6.03 Å². The Morgan fingerprint density at radius 3 is 2.54 bits per heavy atom. The maximum Gasteiger partial charge on any atom is 0.324 e. The normalized spacial score (nSPS) is 15.1. The monoisotopic (exact) mass is 483 g/mol. The third-order valence-electron chi connectivity index (χ3n) is 6.23. The molecular formula is C27H38FN5O2. The summed E-state index contributed by atoms with van der Waals surface area (Å²) in [5, 5.41) is 2.72. The highest BCUT2D eigenvalue weighted by molar-refractivity contribution is 5.95. The highest BCUT2D eigenvalue weighted by Crippen LogP contribution is 2.23. The SMILES string of the molecule is NCCCCCCCCN1CCCc2ccccc2COc2cc(F)ccc2CN=C(N)NC1=O. The number of nitrogens with two attached hydrogens (primary N) is 2. The standard InChI is InChI=1S/C27H38FN5O2/c28-24-14-13-22-19-31-26(30)32-27(34)33(16-8-4-2-1-3-7-15-29)17-9-12-21-10-5-6-11-23(21)20-35-25(22)18-24/h5-6,10-11,13-14,18H,1-4,7-9,12,15-17,19-20,29H2,(H3,30,31,32,34). The molecule has 0 aliphatic carbocycles. The number of carbonyl (C=O) groups is 1. The Kier molecular flexibility index (Phi) is 10.8. The van der Waals surface area contributed by atoms with Crippen LogP contribution in [0.25, 0.3) is 0 Å². The van der Waals surface area contributed by atoms with E-state index >= 15 is 0 Å². The molecule has 0 radical (unpaired) electrons. The molecule has 0 atom stereocenters. The fraction of sp³-hybridized carbons (Fsp3) is 0.481. The Bertz CT molecular complexity index is 982. The first-order chi connectivity index (χ1) is 17.1. The molecule has 2 aromatic carbocycles. The molecule has 8 heteroatoms. The van der Waals surface area contributed by atoms with Gasteiger partial charge in [-0.05, 0) is 49.4 Å². The van der Waals surface area contributed by atoms with E-state index in [9.17, 15) is 9.18 Å². The second-order valence-electron chi connectivity index (χ2n) is 8.94. The zero-order valence-electron chi connectivity index (χ0n) is 20.5. The van der Waals surface area contributed by atoms with Gasteiger partial charge in [-0.15, -0.1) is 0 Å². The smallest absolute Gasteiger partial charge is 0.324 e. The van der Waals surface area contributed by atoms with E-state index in [4.69, 9.17) is 16.2 Å². The Hall–Kier alpha value is -3.13. The van der Waals surface area contributed by atoms with Gasteiger partial charge in [0.05, 0.1) is 6.54 Å². The first-order valence-electron chi connectivity index (χ1n) is 12.6. The number of nitrogens with zero attached hydrogens (tertiary/aromatic N) is 2. The lowest BCUT2D eigenvalue weighted by atomic mass is 10.0. The molecule has 35 heavy (non-hydrogen) atoms. The number of carbonyl (C=O) groups excluding carboxylic acids is 1. The van der Waals surface area contributed by atoms with Gasteiger partial charge in [-0.25, -0.2) is 14.2 Å². The average molecular weight is 484 g/mol. The fourth-order valence-corrected chi connectivity index (χ4v) is 4.22. The quantitative estimate of drug-likeness (QED) is 0.482. The van der Waals surface area contributed by atoms with Crippen LogP contribution in [0.5, 0.6) is 5.75 Å². The number of ether oxygens (including phenoxy) is 1. The number of nitrogens with one attached hydrogen (secondary N) is 1. The lowest BCUT2D eigenvalue weighted by molar-refractivity contribution is 0.200. The van der Waals surface area contributed by atoms with E-state index in [0.717, 1.165) is 62.6 Å². The maximum absolute atomic E-state index is 13.9. The van der Waals surface area contributed by atoms with Crippen molar-refractivity contribution in [2.45, 2.75) is 64.5 Å². The van der Waals surface area contributed by atoms with E-state index in [2.05, 4.69) is 16.4 Å². The molecule has 0 bridgehead atoms. The van der Waals surface area contributed by atoms with E-state index < -0.39 is 0 Å². The molecule has 0 unspecified atom stereocenters. The predicted molar refractivity (Wildman–Crippen MR) is 138 cm³/mol. The molecule has 1 aliphatic heterocycles. The zero-order chi connectivity index (χ0) is 24.9. The van der Waals surface area contributed by atoms with E-state index in [1.54, 1.807) is 6.07 Å². The van der Waals surface area contributed by atoms with Crippen molar-refractivity contribution in [1.29, 1.82) is 0 Å². The fourth-order valence-electron chi connectivity index (χ4n) is 4.22. The summed E-state index contributed by atoms with van der Waals surface area (Å²) in [5.41, 5.74) is 14.5. The van der Waals surface area contributed by atoms with Crippen LogP contribution in [-0.2, 0) is 19.6 Å². The summed E-state index contributed by atoms with van der Waals surface area (Å²) in [6, 6.07) is 12.2. The molecule has 5 N–H and O–H groups in total. The molecule has 2 amide bonds. The molecule has 7 nitrogen and oxygen atoms in total. The van der Waals surface area contributed by atoms with Gasteiger partial charge in [-0.3, -0.25) is 5.32 Å². The highest BCUT2D eigenvalue weighted by Gasteiger charge is 2.16. The first-order valence-corrected chi connectivity index (χ1v) is 12.6. The minimum atomic E-state index is -0.379. The van der Waals surface area contributed by atoms with Crippen LogP contribution in [0.3, 0.4) is 0 Å². The van der Waals surface area contributed by atoms with E-state index in [-0.39, 0.29) is 24.4 Å². The summed E-state index contributed by atoms with van der Waals surface area (Å²) < 4.78 is 19.9. The van der Waals surface area contributed by atoms with Crippen molar-refractivity contribution in [3.8, 4) is 5.75 Å². The number of amides is 2. The molecule has 190 valence electrons. The molecule has 3 rings (SSSR count). The summed E-state index contributed by atoms with van der Waals surface area (Å²) in [6.45, 7) is 2.54. The Balaban J connectivity index is 1.72. The molecule has 0 saturated heterocycles. The Morgan fingerprint density at radius 2 is 1.74 bits per heavy atom. The van der Waals surface area contributed by atoms with Crippen molar-refractivity contribution in [2.75, 3.05) is 19.6 Å². The maximum atomic E-state index is 13.9. The lowest BCUT2D eigenvalue weighted by Crippen LogP contribution is -2.46. The number of benzene rings is 2. The topological polar surface area (TPSA) is 106 Å². The van der Waals surface area contributed by atoms with Crippen molar-refractivity contribution in [2.24, 2.45) is 16.5 Å². The molecule has 0 aromatic heterocycles. The van der Waals surface area contributed by atoms with Crippen LogP contribution in [0.4, 0.5) is 9.18 Å². The van der Waals surface area contributed by atoms with Gasteiger partial charge < -0.3 is 21.1 Å². The number of unbranched alkanes of at least 4 members (excludes halogenated alkanes) is 5. The number of urea groups is 1. The van der Waals surface area contributed by atoms with Gasteiger partial charge in [0.2, 0.25) is 0 Å². The summed E-state index contributed by atoms with van der Waals surface area (Å²) in [4.78, 5) is 19.1. The van der Waals surface area contributed by atoms with Gasteiger partial charge in [-0.1, -0.05) is 56.0 Å². The number of guanidine groups is 1. The van der Waals surface area contributed by atoms with Crippen LogP contribution in [-0.4, -0.2) is 36.5 Å². The van der Waals surface area contributed by atoms with E-state index in [0.29, 0.717) is 31.0 Å². The molecule has 0 fully saturated rings. The van der Waals surface area contributed by atoms with Crippen LogP contribution in [0.1, 0.15) is 61.6 Å². The van der Waals surface area contributed by atoms with Crippen LogP contribution in [0.2, 0.25) is 0 Å². The first kappa shape index (κ1) is 26.5. The van der Waals surface area contributed by atoms with Crippen LogP contribution in [0, 0.1) is 5.82 Å². The second kappa shape index (κ2) is 14.3. The number of hydrogen-bond donors (Lipinski definition) is 3. The van der Waals surface area contributed by atoms with Crippen molar-refractivity contribution in [3.63, 3.8) is 0 Å². The molecular weight excluding hydrogens is 445 g/mol. The number of fused-ring (bicyclic) bond motifs is 2. The zero-order valence-corrected chi connectivity index (χ0v) is 20.5. The average Bonchev–Trinajstić information content (AvgIpc) is 2.85. The van der Waals surface area contributed by atoms with Crippen molar-refractivity contribution >= 4 is 12.0 Å². The molecule has 1 aliphatic rings. The van der Waals surface area contributed by atoms with Gasteiger partial charge in [0.1, 0.15) is 18.2 Å². The Labute approximate surface area is 207 Å². The largest absolute Gasteiger partial charge is 0.488 e. The Morgan fingerprint density at radius 1 is 1.00 bits per heavy atom. The highest BCUT2D eigenvalue weighted by atomic mass is 19.1. The van der Waals surface area contributed by atoms with E-state index in [1.807, 2.05) is 23.1 Å². The number of hydrogen-bond acceptors (Lipinski definition) is 5. The molecule has 2 aromatic rings. The van der Waals surface area contributed by atoms with E-state index in [1.165, 1.54) is 18.6 Å². The second-order valence-corrected chi connectivity index (χ2v) is 8.94. The van der Waals surface area contributed by atoms with Crippen molar-refractivity contribution in [1.82, 2.24) is 10.2 Å². The van der Waals surface area contributed by atoms with Gasteiger partial charge in [0.15, 0.2) is 5.96 Å².